The van der Waals surface area contributed by atoms with Crippen LogP contribution in [-0.4, -0.2) is 23.7 Å². The summed E-state index contributed by atoms with van der Waals surface area (Å²) in [6.07, 6.45) is 4.81. The fourth-order valence-corrected chi connectivity index (χ4v) is 5.19. The van der Waals surface area contributed by atoms with Crippen molar-refractivity contribution in [3.05, 3.63) is 83.4 Å². The molecular weight excluding hydrogens is 440 g/mol. The first-order valence-corrected chi connectivity index (χ1v) is 11.9. The van der Waals surface area contributed by atoms with Gasteiger partial charge < -0.3 is 19.5 Å². The van der Waals surface area contributed by atoms with Gasteiger partial charge in [0.05, 0.1) is 6.61 Å². The van der Waals surface area contributed by atoms with Crippen LogP contribution in [0.1, 0.15) is 43.2 Å². The summed E-state index contributed by atoms with van der Waals surface area (Å²) in [5, 5.41) is 18.3. The maximum absolute atomic E-state index is 11.3. The van der Waals surface area contributed by atoms with Crippen LogP contribution in [0.25, 0.3) is 6.08 Å². The van der Waals surface area contributed by atoms with E-state index in [0.717, 1.165) is 53.4 Å². The zero-order chi connectivity index (χ0) is 24.4. The molecule has 0 radical (unpaired) electrons. The molecule has 1 N–H and O–H groups in total. The van der Waals surface area contributed by atoms with Crippen molar-refractivity contribution in [3.63, 3.8) is 0 Å². The Hall–Kier alpha value is -4.24. The standard InChI is InChI=1S/C29H26N2O4/c1-2-34-22-11-13-24(14-12-22)35-23-9-7-21(8-10-23)31-27-5-3-4-25(27)26-17-19(6-15-28(26)31)16-20(18-30)29(32)33/h6-17,25,27H,2-5H2,1H3,(H,32,33)/b20-16+. The van der Waals surface area contributed by atoms with E-state index in [1.807, 2.05) is 61.5 Å². The molecule has 176 valence electrons. The van der Waals surface area contributed by atoms with Gasteiger partial charge >= 0.3 is 5.97 Å². The highest BCUT2D eigenvalue weighted by Gasteiger charge is 2.42. The Bertz CT molecular complexity index is 1310. The summed E-state index contributed by atoms with van der Waals surface area (Å²) in [5.74, 6) is 1.52. The van der Waals surface area contributed by atoms with Crippen molar-refractivity contribution in [1.29, 1.82) is 5.26 Å². The quantitative estimate of drug-likeness (QED) is 0.310. The Balaban J connectivity index is 1.39. The monoisotopic (exact) mass is 466 g/mol. The predicted octanol–water partition coefficient (Wildman–Crippen LogP) is 6.66. The molecular formula is C29H26N2O4. The molecule has 0 bridgehead atoms. The number of rotatable bonds is 7. The van der Waals surface area contributed by atoms with Gasteiger partial charge in [0, 0.05) is 23.3 Å². The molecule has 35 heavy (non-hydrogen) atoms. The molecule has 0 aromatic heterocycles. The fourth-order valence-electron chi connectivity index (χ4n) is 5.19. The van der Waals surface area contributed by atoms with E-state index >= 15 is 0 Å². The first-order chi connectivity index (χ1) is 17.1. The summed E-state index contributed by atoms with van der Waals surface area (Å²) in [6, 6.07) is 23.8. The van der Waals surface area contributed by atoms with Crippen LogP contribution < -0.4 is 14.4 Å². The number of hydrogen-bond donors (Lipinski definition) is 1. The minimum atomic E-state index is -1.21. The number of hydrogen-bond acceptors (Lipinski definition) is 5. The van der Waals surface area contributed by atoms with Gasteiger partial charge in [-0.1, -0.05) is 12.5 Å². The number of carboxylic acid groups (broad SMARTS) is 1. The van der Waals surface area contributed by atoms with Crippen LogP contribution in [0.4, 0.5) is 11.4 Å². The first kappa shape index (κ1) is 22.5. The number of benzene rings is 3. The molecule has 3 aromatic carbocycles. The summed E-state index contributed by atoms with van der Waals surface area (Å²) in [6.45, 7) is 2.59. The van der Waals surface area contributed by atoms with Gasteiger partial charge in [-0.05, 0) is 97.6 Å². The molecule has 2 atom stereocenters. The molecule has 0 amide bonds. The smallest absolute Gasteiger partial charge is 0.346 e. The highest BCUT2D eigenvalue weighted by molar-refractivity contribution is 5.96. The van der Waals surface area contributed by atoms with Crippen molar-refractivity contribution in [2.24, 2.45) is 0 Å². The SMILES string of the molecule is CCOc1ccc(Oc2ccc(N3c4ccc(/C=C(\C#N)C(=O)O)cc4C4CCCC43)cc2)cc1. The second-order valence-electron chi connectivity index (χ2n) is 8.77. The van der Waals surface area contributed by atoms with Gasteiger partial charge in [0.2, 0.25) is 0 Å². The van der Waals surface area contributed by atoms with Gasteiger partial charge in [0.1, 0.15) is 28.9 Å². The van der Waals surface area contributed by atoms with Crippen molar-refractivity contribution in [2.75, 3.05) is 11.5 Å². The molecule has 2 aliphatic rings. The Morgan fingerprint density at radius 1 is 1.06 bits per heavy atom. The molecule has 0 saturated heterocycles. The summed E-state index contributed by atoms with van der Waals surface area (Å²) in [4.78, 5) is 13.7. The number of nitriles is 1. The number of ether oxygens (including phenoxy) is 2. The van der Waals surface area contributed by atoms with E-state index < -0.39 is 5.97 Å². The molecule has 6 nitrogen and oxygen atoms in total. The largest absolute Gasteiger partial charge is 0.494 e. The van der Waals surface area contributed by atoms with Crippen LogP contribution in [-0.2, 0) is 4.79 Å². The maximum atomic E-state index is 11.3. The lowest BCUT2D eigenvalue weighted by Gasteiger charge is -2.27. The Labute approximate surface area is 204 Å². The zero-order valence-corrected chi connectivity index (χ0v) is 19.5. The summed E-state index contributed by atoms with van der Waals surface area (Å²) in [5.41, 5.74) is 3.95. The number of anilines is 2. The van der Waals surface area contributed by atoms with Crippen LogP contribution in [0.2, 0.25) is 0 Å². The molecule has 2 unspecified atom stereocenters. The number of nitrogens with zero attached hydrogens (tertiary/aromatic N) is 2. The lowest BCUT2D eigenvalue weighted by molar-refractivity contribution is -0.132. The van der Waals surface area contributed by atoms with Crippen molar-refractivity contribution in [1.82, 2.24) is 0 Å². The van der Waals surface area contributed by atoms with Gasteiger partial charge in [0.15, 0.2) is 0 Å². The van der Waals surface area contributed by atoms with E-state index in [2.05, 4.69) is 17.0 Å². The topological polar surface area (TPSA) is 82.8 Å². The average Bonchev–Trinajstić information content (AvgIpc) is 3.45. The van der Waals surface area contributed by atoms with Crippen LogP contribution in [0, 0.1) is 11.3 Å². The number of aliphatic carboxylic acids is 1. The third-order valence-corrected chi connectivity index (χ3v) is 6.67. The Kier molecular flexibility index (Phi) is 6.15. The van der Waals surface area contributed by atoms with Gasteiger partial charge in [-0.15, -0.1) is 0 Å². The van der Waals surface area contributed by atoms with Crippen LogP contribution in [0.5, 0.6) is 17.2 Å². The van der Waals surface area contributed by atoms with E-state index in [1.54, 1.807) is 6.07 Å². The second-order valence-corrected chi connectivity index (χ2v) is 8.77. The van der Waals surface area contributed by atoms with Gasteiger partial charge in [-0.2, -0.15) is 5.26 Å². The van der Waals surface area contributed by atoms with Crippen LogP contribution in [0.3, 0.4) is 0 Å². The molecule has 1 heterocycles. The highest BCUT2D eigenvalue weighted by Crippen LogP contribution is 2.52. The Morgan fingerprint density at radius 2 is 1.74 bits per heavy atom. The fraction of sp³-hybridized carbons (Fsp3) is 0.241. The lowest BCUT2D eigenvalue weighted by Crippen LogP contribution is -2.26. The molecule has 1 saturated carbocycles. The van der Waals surface area contributed by atoms with Crippen LogP contribution in [0.15, 0.2) is 72.3 Å². The highest BCUT2D eigenvalue weighted by atomic mass is 16.5. The van der Waals surface area contributed by atoms with Crippen molar-refractivity contribution >= 4 is 23.4 Å². The molecule has 1 fully saturated rings. The van der Waals surface area contributed by atoms with Gasteiger partial charge in [-0.3, -0.25) is 0 Å². The zero-order valence-electron chi connectivity index (χ0n) is 19.5. The van der Waals surface area contributed by atoms with E-state index in [0.29, 0.717) is 18.6 Å². The number of carboxylic acids is 1. The third-order valence-electron chi connectivity index (χ3n) is 6.67. The molecule has 5 rings (SSSR count). The van der Waals surface area contributed by atoms with Crippen LogP contribution >= 0.6 is 0 Å². The summed E-state index contributed by atoms with van der Waals surface area (Å²) < 4.78 is 11.5. The van der Waals surface area contributed by atoms with E-state index in [9.17, 15) is 9.90 Å². The van der Waals surface area contributed by atoms with Crippen molar-refractivity contribution < 1.29 is 19.4 Å². The van der Waals surface area contributed by atoms with Crippen molar-refractivity contribution in [2.45, 2.75) is 38.1 Å². The average molecular weight is 467 g/mol. The first-order valence-electron chi connectivity index (χ1n) is 11.9. The molecule has 3 aromatic rings. The minimum Gasteiger partial charge on any atom is -0.494 e. The summed E-state index contributed by atoms with van der Waals surface area (Å²) in [7, 11) is 0. The van der Waals surface area contributed by atoms with E-state index in [-0.39, 0.29) is 5.57 Å². The van der Waals surface area contributed by atoms with Gasteiger partial charge in [0.25, 0.3) is 0 Å². The molecule has 0 spiro atoms. The second kappa shape index (κ2) is 9.55. The molecule has 6 heteroatoms. The van der Waals surface area contributed by atoms with E-state index in [1.165, 1.54) is 11.6 Å². The lowest BCUT2D eigenvalue weighted by atomic mass is 9.95. The van der Waals surface area contributed by atoms with Crippen molar-refractivity contribution in [3.8, 4) is 23.3 Å². The minimum absolute atomic E-state index is 0.258. The Morgan fingerprint density at radius 3 is 2.40 bits per heavy atom. The number of fused-ring (bicyclic) bond motifs is 3. The van der Waals surface area contributed by atoms with Gasteiger partial charge in [-0.25, -0.2) is 4.79 Å². The third kappa shape index (κ3) is 4.45. The maximum Gasteiger partial charge on any atom is 0.346 e. The predicted molar refractivity (Wildman–Crippen MR) is 134 cm³/mol. The molecule has 1 aliphatic carbocycles. The summed E-state index contributed by atoms with van der Waals surface area (Å²) >= 11 is 0. The van der Waals surface area contributed by atoms with E-state index in [4.69, 9.17) is 14.7 Å². The number of carbonyl (C=O) groups is 1. The molecule has 1 aliphatic heterocycles. The normalized spacial score (nSPS) is 18.5.